The van der Waals surface area contributed by atoms with Crippen molar-refractivity contribution < 1.29 is 17.6 Å². The number of hydrogen-bond acceptors (Lipinski definition) is 3. The van der Waals surface area contributed by atoms with Crippen molar-refractivity contribution in [3.05, 3.63) is 94.8 Å². The summed E-state index contributed by atoms with van der Waals surface area (Å²) in [5, 5.41) is 0. The van der Waals surface area contributed by atoms with Gasteiger partial charge in [-0.3, -0.25) is 9.52 Å². The van der Waals surface area contributed by atoms with Crippen LogP contribution in [0.1, 0.15) is 27.0 Å². The monoisotopic (exact) mass is 426 g/mol. The van der Waals surface area contributed by atoms with Gasteiger partial charge < -0.3 is 4.90 Å². The lowest BCUT2D eigenvalue weighted by molar-refractivity contribution is 0.0785. The van der Waals surface area contributed by atoms with Crippen LogP contribution in [0.3, 0.4) is 0 Å². The van der Waals surface area contributed by atoms with Gasteiger partial charge in [0.15, 0.2) is 0 Å². The lowest BCUT2D eigenvalue weighted by Crippen LogP contribution is -2.26. The first-order valence-electron chi connectivity index (χ1n) is 9.36. The normalized spacial score (nSPS) is 11.2. The second-order valence-corrected chi connectivity index (χ2v) is 8.91. The second kappa shape index (κ2) is 8.67. The number of anilines is 1. The topological polar surface area (TPSA) is 66.5 Å². The van der Waals surface area contributed by atoms with Gasteiger partial charge in [0.25, 0.3) is 15.9 Å². The first kappa shape index (κ1) is 21.5. The zero-order valence-electron chi connectivity index (χ0n) is 17.0. The third kappa shape index (κ3) is 5.04. The van der Waals surface area contributed by atoms with E-state index in [0.717, 1.165) is 23.3 Å². The fourth-order valence-electron chi connectivity index (χ4n) is 3.08. The molecule has 0 saturated carbocycles. The Hall–Kier alpha value is -3.19. The Bertz CT molecular complexity index is 1160. The first-order chi connectivity index (χ1) is 14.2. The highest BCUT2D eigenvalue weighted by molar-refractivity contribution is 7.92. The number of sulfonamides is 1. The van der Waals surface area contributed by atoms with Crippen LogP contribution in [0.2, 0.25) is 0 Å². The number of aryl methyl sites for hydroxylation is 2. The number of carbonyl (C=O) groups excluding carboxylic acids is 1. The average molecular weight is 427 g/mol. The maximum Gasteiger partial charge on any atom is 0.261 e. The van der Waals surface area contributed by atoms with E-state index in [4.69, 9.17) is 0 Å². The van der Waals surface area contributed by atoms with Crippen LogP contribution in [0.15, 0.2) is 71.6 Å². The number of nitrogens with zero attached hydrogens (tertiary/aromatic N) is 1. The molecule has 3 aromatic rings. The molecule has 0 aliphatic rings. The van der Waals surface area contributed by atoms with Gasteiger partial charge in [-0.15, -0.1) is 0 Å². The fourth-order valence-corrected chi connectivity index (χ4v) is 4.14. The van der Waals surface area contributed by atoms with Gasteiger partial charge in [-0.1, -0.05) is 23.8 Å². The van der Waals surface area contributed by atoms with E-state index in [1.165, 1.54) is 29.8 Å². The molecule has 0 radical (unpaired) electrons. The van der Waals surface area contributed by atoms with Gasteiger partial charge in [0.2, 0.25) is 0 Å². The molecule has 7 heteroatoms. The maximum absolute atomic E-state index is 13.0. The number of hydrogen-bond donors (Lipinski definition) is 1. The lowest BCUT2D eigenvalue weighted by Gasteiger charge is -2.19. The van der Waals surface area contributed by atoms with Crippen molar-refractivity contribution in [2.75, 3.05) is 11.8 Å². The summed E-state index contributed by atoms with van der Waals surface area (Å²) >= 11 is 0. The van der Waals surface area contributed by atoms with Crippen LogP contribution in [0.4, 0.5) is 10.1 Å². The van der Waals surface area contributed by atoms with E-state index in [0.29, 0.717) is 17.8 Å². The number of benzene rings is 3. The van der Waals surface area contributed by atoms with E-state index >= 15 is 0 Å². The molecule has 0 spiro atoms. The van der Waals surface area contributed by atoms with Crippen molar-refractivity contribution in [3.63, 3.8) is 0 Å². The molecule has 0 aromatic heterocycles. The van der Waals surface area contributed by atoms with Crippen LogP contribution in [0, 0.1) is 19.7 Å². The molecule has 5 nitrogen and oxygen atoms in total. The molecule has 156 valence electrons. The molecule has 0 heterocycles. The van der Waals surface area contributed by atoms with Crippen molar-refractivity contribution in [1.82, 2.24) is 4.90 Å². The number of rotatable bonds is 6. The van der Waals surface area contributed by atoms with Crippen molar-refractivity contribution in [3.8, 4) is 0 Å². The van der Waals surface area contributed by atoms with Crippen LogP contribution in [0.5, 0.6) is 0 Å². The standard InChI is InChI=1S/C23H23FN2O3S/c1-16-4-5-19(17(2)14-16)15-26(3)23(27)18-6-10-21(11-7-18)25-30(28,29)22-12-8-20(24)9-13-22/h4-14,25H,15H2,1-3H3. The quantitative estimate of drug-likeness (QED) is 0.630. The minimum Gasteiger partial charge on any atom is -0.337 e. The van der Waals surface area contributed by atoms with Crippen LogP contribution in [-0.2, 0) is 16.6 Å². The summed E-state index contributed by atoms with van der Waals surface area (Å²) in [6, 6.07) is 16.9. The zero-order valence-corrected chi connectivity index (χ0v) is 17.8. The predicted molar refractivity (Wildman–Crippen MR) is 115 cm³/mol. The fraction of sp³-hybridized carbons (Fsp3) is 0.174. The molecule has 0 atom stereocenters. The molecule has 0 fully saturated rings. The minimum absolute atomic E-state index is 0.0442. The van der Waals surface area contributed by atoms with Gasteiger partial charge in [0, 0.05) is 24.8 Å². The lowest BCUT2D eigenvalue weighted by atomic mass is 10.1. The molecule has 1 amide bonds. The molecule has 0 saturated heterocycles. The highest BCUT2D eigenvalue weighted by Gasteiger charge is 2.16. The number of amides is 1. The molecular formula is C23H23FN2O3S. The Kier molecular flexibility index (Phi) is 6.22. The number of halogens is 1. The van der Waals surface area contributed by atoms with Crippen molar-refractivity contribution in [2.45, 2.75) is 25.3 Å². The Morgan fingerprint density at radius 1 is 0.967 bits per heavy atom. The SMILES string of the molecule is Cc1ccc(CN(C)C(=O)c2ccc(NS(=O)(=O)c3ccc(F)cc3)cc2)c(C)c1. The summed E-state index contributed by atoms with van der Waals surface area (Å²) < 4.78 is 40.2. The summed E-state index contributed by atoms with van der Waals surface area (Å²) in [7, 11) is -2.11. The van der Waals surface area contributed by atoms with Crippen LogP contribution < -0.4 is 4.72 Å². The van der Waals surface area contributed by atoms with Crippen LogP contribution in [0.25, 0.3) is 0 Å². The van der Waals surface area contributed by atoms with Crippen LogP contribution >= 0.6 is 0 Å². The maximum atomic E-state index is 13.0. The Morgan fingerprint density at radius 2 is 1.60 bits per heavy atom. The van der Waals surface area contributed by atoms with Crippen molar-refractivity contribution in [2.24, 2.45) is 0 Å². The second-order valence-electron chi connectivity index (χ2n) is 7.23. The van der Waals surface area contributed by atoms with Gasteiger partial charge in [0.05, 0.1) is 4.90 Å². The summed E-state index contributed by atoms with van der Waals surface area (Å²) in [4.78, 5) is 14.3. The zero-order chi connectivity index (χ0) is 21.9. The third-order valence-corrected chi connectivity index (χ3v) is 6.16. The molecule has 0 unspecified atom stereocenters. The summed E-state index contributed by atoms with van der Waals surface area (Å²) in [6.07, 6.45) is 0. The molecule has 0 bridgehead atoms. The molecule has 3 rings (SSSR count). The largest absolute Gasteiger partial charge is 0.337 e. The van der Waals surface area contributed by atoms with E-state index < -0.39 is 15.8 Å². The van der Waals surface area contributed by atoms with E-state index in [-0.39, 0.29) is 10.8 Å². The molecule has 0 aliphatic heterocycles. The van der Waals surface area contributed by atoms with Gasteiger partial charge in [-0.25, -0.2) is 12.8 Å². The van der Waals surface area contributed by atoms with Gasteiger partial charge in [-0.05, 0) is 73.5 Å². The molecule has 1 N–H and O–H groups in total. The highest BCUT2D eigenvalue weighted by Crippen LogP contribution is 2.19. The third-order valence-electron chi connectivity index (χ3n) is 4.76. The van der Waals surface area contributed by atoms with Crippen molar-refractivity contribution >= 4 is 21.6 Å². The number of nitrogens with one attached hydrogen (secondary N) is 1. The Labute approximate surface area is 176 Å². The predicted octanol–water partition coefficient (Wildman–Crippen LogP) is 4.52. The summed E-state index contributed by atoms with van der Waals surface area (Å²) in [5.41, 5.74) is 4.13. The van der Waals surface area contributed by atoms with E-state index in [1.807, 2.05) is 26.0 Å². The summed E-state index contributed by atoms with van der Waals surface area (Å²) in [6.45, 7) is 4.52. The van der Waals surface area contributed by atoms with E-state index in [2.05, 4.69) is 10.8 Å². The summed E-state index contributed by atoms with van der Waals surface area (Å²) in [5.74, 6) is -0.676. The van der Waals surface area contributed by atoms with Crippen LogP contribution in [-0.4, -0.2) is 26.3 Å². The molecule has 30 heavy (non-hydrogen) atoms. The van der Waals surface area contributed by atoms with Gasteiger partial charge in [0.1, 0.15) is 5.82 Å². The molecule has 0 aliphatic carbocycles. The molecular weight excluding hydrogens is 403 g/mol. The molecule has 3 aromatic carbocycles. The van der Waals surface area contributed by atoms with E-state index in [9.17, 15) is 17.6 Å². The van der Waals surface area contributed by atoms with Gasteiger partial charge in [-0.2, -0.15) is 0 Å². The van der Waals surface area contributed by atoms with Crippen molar-refractivity contribution in [1.29, 1.82) is 0 Å². The Balaban J connectivity index is 1.70. The van der Waals surface area contributed by atoms with E-state index in [1.54, 1.807) is 24.1 Å². The highest BCUT2D eigenvalue weighted by atomic mass is 32.2. The number of carbonyl (C=O) groups is 1. The smallest absolute Gasteiger partial charge is 0.261 e. The van der Waals surface area contributed by atoms with Gasteiger partial charge >= 0.3 is 0 Å². The Morgan fingerprint density at radius 3 is 2.20 bits per heavy atom. The average Bonchev–Trinajstić information content (AvgIpc) is 2.70. The first-order valence-corrected chi connectivity index (χ1v) is 10.8. The minimum atomic E-state index is -3.84.